The zero-order chi connectivity index (χ0) is 15.6. The van der Waals surface area contributed by atoms with Crippen LogP contribution in [0.4, 0.5) is 0 Å². The molecule has 118 valence electrons. The van der Waals surface area contributed by atoms with E-state index in [1.165, 1.54) is 24.2 Å². The summed E-state index contributed by atoms with van der Waals surface area (Å²) in [4.78, 5) is 0. The Labute approximate surface area is 133 Å². The number of hydrogen-bond acceptors (Lipinski definition) is 2. The normalized spacial score (nSPS) is 24.2. The number of benzene rings is 1. The second kappa shape index (κ2) is 6.23. The van der Waals surface area contributed by atoms with Crippen LogP contribution in [0.15, 0.2) is 30.3 Å². The maximum atomic E-state index is 4.69. The second-order valence-electron chi connectivity index (χ2n) is 6.62. The van der Waals surface area contributed by atoms with E-state index < -0.39 is 0 Å². The molecule has 2 aromatic rings. The van der Waals surface area contributed by atoms with Crippen molar-refractivity contribution in [2.75, 3.05) is 0 Å². The van der Waals surface area contributed by atoms with Crippen LogP contribution in [0.25, 0.3) is 0 Å². The van der Waals surface area contributed by atoms with Crippen LogP contribution in [-0.2, 0) is 18.4 Å². The minimum atomic E-state index is 0.0649. The molecule has 3 rings (SSSR count). The number of aryl methyl sites for hydroxylation is 1. The molecular weight excluding hydrogens is 270 g/mol. The zero-order valence-corrected chi connectivity index (χ0v) is 14.0. The van der Waals surface area contributed by atoms with Crippen molar-refractivity contribution in [3.63, 3.8) is 0 Å². The molecule has 1 aromatic heterocycles. The van der Waals surface area contributed by atoms with Crippen molar-refractivity contribution in [2.24, 2.45) is 5.92 Å². The van der Waals surface area contributed by atoms with E-state index in [9.17, 15) is 0 Å². The number of aromatic nitrogens is 3. The van der Waals surface area contributed by atoms with Gasteiger partial charge in [-0.1, -0.05) is 51.1 Å². The van der Waals surface area contributed by atoms with Gasteiger partial charge in [0.15, 0.2) is 0 Å². The average Bonchev–Trinajstić information content (AvgIpc) is 2.92. The van der Waals surface area contributed by atoms with Crippen LogP contribution in [0.3, 0.4) is 0 Å². The monoisotopic (exact) mass is 297 g/mol. The molecule has 1 aliphatic carbocycles. The minimum absolute atomic E-state index is 0.0649. The molecule has 3 heteroatoms. The molecule has 0 radical (unpaired) electrons. The lowest BCUT2D eigenvalue weighted by atomic mass is 9.57. The molecule has 2 unspecified atom stereocenters. The van der Waals surface area contributed by atoms with Crippen molar-refractivity contribution >= 4 is 0 Å². The first-order valence-corrected chi connectivity index (χ1v) is 8.72. The predicted molar refractivity (Wildman–Crippen MR) is 89.9 cm³/mol. The fourth-order valence-corrected chi connectivity index (χ4v) is 3.88. The SMILES string of the molecule is CCCc1nnc(C2(c3ccccc3)CCC2C)n1CCC. The van der Waals surface area contributed by atoms with Gasteiger partial charge in [0.05, 0.1) is 5.41 Å². The Bertz CT molecular complexity index is 617. The summed E-state index contributed by atoms with van der Waals surface area (Å²) in [5.41, 5.74) is 1.47. The van der Waals surface area contributed by atoms with Gasteiger partial charge in [0, 0.05) is 13.0 Å². The highest BCUT2D eigenvalue weighted by atomic mass is 15.3. The number of hydrogen-bond donors (Lipinski definition) is 0. The Kier molecular flexibility index (Phi) is 4.32. The zero-order valence-electron chi connectivity index (χ0n) is 14.0. The van der Waals surface area contributed by atoms with E-state index in [2.05, 4.69) is 65.9 Å². The van der Waals surface area contributed by atoms with Gasteiger partial charge in [-0.2, -0.15) is 0 Å². The Morgan fingerprint density at radius 2 is 1.91 bits per heavy atom. The van der Waals surface area contributed by atoms with Gasteiger partial charge in [0.2, 0.25) is 0 Å². The molecule has 22 heavy (non-hydrogen) atoms. The van der Waals surface area contributed by atoms with E-state index in [4.69, 9.17) is 0 Å². The summed E-state index contributed by atoms with van der Waals surface area (Å²) in [6, 6.07) is 10.9. The van der Waals surface area contributed by atoms with E-state index in [0.29, 0.717) is 5.92 Å². The molecule has 0 amide bonds. The average molecular weight is 297 g/mol. The number of rotatable bonds is 6. The van der Waals surface area contributed by atoms with Gasteiger partial charge < -0.3 is 4.57 Å². The highest BCUT2D eigenvalue weighted by molar-refractivity contribution is 5.37. The molecular formula is C19H27N3. The van der Waals surface area contributed by atoms with Gasteiger partial charge in [-0.25, -0.2) is 0 Å². The summed E-state index contributed by atoms with van der Waals surface area (Å²) in [5, 5.41) is 9.23. The summed E-state index contributed by atoms with van der Waals surface area (Å²) in [6.07, 6.45) is 5.73. The molecule has 1 fully saturated rings. The van der Waals surface area contributed by atoms with Crippen molar-refractivity contribution in [2.45, 2.75) is 64.8 Å². The van der Waals surface area contributed by atoms with Crippen LogP contribution in [-0.4, -0.2) is 14.8 Å². The molecule has 2 atom stereocenters. The van der Waals surface area contributed by atoms with Crippen molar-refractivity contribution in [1.29, 1.82) is 0 Å². The van der Waals surface area contributed by atoms with Gasteiger partial charge in [0.1, 0.15) is 11.6 Å². The topological polar surface area (TPSA) is 30.7 Å². The summed E-state index contributed by atoms with van der Waals surface area (Å²) in [6.45, 7) is 7.84. The predicted octanol–water partition coefficient (Wildman–Crippen LogP) is 4.36. The maximum Gasteiger partial charge on any atom is 0.143 e. The first-order valence-electron chi connectivity index (χ1n) is 8.72. The standard InChI is InChI=1S/C19H27N3/c1-4-9-17-20-21-18(22(17)14-5-2)19(13-12-15(19)3)16-10-7-6-8-11-16/h6-8,10-11,15H,4-5,9,12-14H2,1-3H3. The van der Waals surface area contributed by atoms with Crippen molar-refractivity contribution in [1.82, 2.24) is 14.8 Å². The summed E-state index contributed by atoms with van der Waals surface area (Å²) >= 11 is 0. The van der Waals surface area contributed by atoms with Crippen molar-refractivity contribution < 1.29 is 0 Å². The van der Waals surface area contributed by atoms with E-state index in [0.717, 1.165) is 31.6 Å². The molecule has 3 nitrogen and oxygen atoms in total. The lowest BCUT2D eigenvalue weighted by molar-refractivity contribution is 0.166. The smallest absolute Gasteiger partial charge is 0.143 e. The lowest BCUT2D eigenvalue weighted by Crippen LogP contribution is -2.46. The Morgan fingerprint density at radius 3 is 2.45 bits per heavy atom. The molecule has 1 saturated carbocycles. The molecule has 0 N–H and O–H groups in total. The summed E-state index contributed by atoms with van der Waals surface area (Å²) in [5.74, 6) is 2.99. The molecule has 0 spiro atoms. The van der Waals surface area contributed by atoms with Crippen LogP contribution >= 0.6 is 0 Å². The Balaban J connectivity index is 2.10. The Hall–Kier alpha value is -1.64. The molecule has 0 bridgehead atoms. The van der Waals surface area contributed by atoms with Crippen LogP contribution in [0.2, 0.25) is 0 Å². The van der Waals surface area contributed by atoms with Crippen molar-refractivity contribution in [3.8, 4) is 0 Å². The van der Waals surface area contributed by atoms with Gasteiger partial charge in [0.25, 0.3) is 0 Å². The molecule has 1 aliphatic rings. The molecule has 1 aromatic carbocycles. The van der Waals surface area contributed by atoms with E-state index in [-0.39, 0.29) is 5.41 Å². The third-order valence-electron chi connectivity index (χ3n) is 5.25. The molecule has 0 saturated heterocycles. The van der Waals surface area contributed by atoms with E-state index >= 15 is 0 Å². The molecule has 1 heterocycles. The first-order chi connectivity index (χ1) is 10.7. The fourth-order valence-electron chi connectivity index (χ4n) is 3.88. The largest absolute Gasteiger partial charge is 0.314 e. The van der Waals surface area contributed by atoms with E-state index in [1.807, 2.05) is 0 Å². The van der Waals surface area contributed by atoms with Gasteiger partial charge in [-0.15, -0.1) is 10.2 Å². The van der Waals surface area contributed by atoms with Gasteiger partial charge in [-0.05, 0) is 37.2 Å². The Morgan fingerprint density at radius 1 is 1.14 bits per heavy atom. The van der Waals surface area contributed by atoms with Crippen LogP contribution in [0, 0.1) is 5.92 Å². The first kappa shape index (κ1) is 15.3. The molecule has 0 aliphatic heterocycles. The third kappa shape index (κ3) is 2.27. The summed E-state index contributed by atoms with van der Waals surface area (Å²) < 4.78 is 2.41. The van der Waals surface area contributed by atoms with Gasteiger partial charge in [-0.3, -0.25) is 0 Å². The second-order valence-corrected chi connectivity index (χ2v) is 6.62. The minimum Gasteiger partial charge on any atom is -0.314 e. The van der Waals surface area contributed by atoms with Gasteiger partial charge >= 0.3 is 0 Å². The maximum absolute atomic E-state index is 4.69. The lowest BCUT2D eigenvalue weighted by Gasteiger charge is -2.47. The van der Waals surface area contributed by atoms with Crippen LogP contribution < -0.4 is 0 Å². The van der Waals surface area contributed by atoms with E-state index in [1.54, 1.807) is 0 Å². The highest BCUT2D eigenvalue weighted by Gasteiger charge is 2.50. The van der Waals surface area contributed by atoms with Crippen molar-refractivity contribution in [3.05, 3.63) is 47.5 Å². The quantitative estimate of drug-likeness (QED) is 0.793. The fraction of sp³-hybridized carbons (Fsp3) is 0.579. The third-order valence-corrected chi connectivity index (χ3v) is 5.25. The van der Waals surface area contributed by atoms with Crippen LogP contribution in [0.1, 0.15) is 63.7 Å². The number of nitrogens with zero attached hydrogens (tertiary/aromatic N) is 3. The summed E-state index contributed by atoms with van der Waals surface area (Å²) in [7, 11) is 0. The highest BCUT2D eigenvalue weighted by Crippen LogP contribution is 2.52. The van der Waals surface area contributed by atoms with Crippen LogP contribution in [0.5, 0.6) is 0 Å².